The number of aromatic nitrogens is 5. The zero-order valence-corrected chi connectivity index (χ0v) is 24.1. The van der Waals surface area contributed by atoms with Gasteiger partial charge in [-0.05, 0) is 30.2 Å². The Hall–Kier alpha value is -5.30. The molecule has 228 valence electrons. The van der Waals surface area contributed by atoms with Crippen LogP contribution in [0.5, 0.6) is 0 Å². The number of H-pyrrole nitrogens is 1. The molecule has 5 aromatic rings. The molecule has 7 rings (SSSR count). The second-order valence-electron chi connectivity index (χ2n) is 11.0. The van der Waals surface area contributed by atoms with Gasteiger partial charge in [-0.3, -0.25) is 9.59 Å². The highest BCUT2D eigenvalue weighted by atomic mass is 19.1. The minimum atomic E-state index is -0.652. The van der Waals surface area contributed by atoms with Crippen molar-refractivity contribution in [3.05, 3.63) is 105 Å². The van der Waals surface area contributed by atoms with E-state index >= 15 is 4.39 Å². The van der Waals surface area contributed by atoms with E-state index in [1.165, 1.54) is 23.2 Å². The highest BCUT2D eigenvalue weighted by molar-refractivity contribution is 5.95. The number of anilines is 2. The van der Waals surface area contributed by atoms with Gasteiger partial charge in [0.2, 0.25) is 0 Å². The monoisotopic (exact) mass is 610 g/mol. The minimum absolute atomic E-state index is 0.0353. The van der Waals surface area contributed by atoms with Crippen LogP contribution in [0.2, 0.25) is 0 Å². The second-order valence-corrected chi connectivity index (χ2v) is 11.0. The number of fused-ring (bicyclic) bond motifs is 2. The molecule has 0 unspecified atom stereocenters. The third-order valence-electron chi connectivity index (χ3n) is 8.16. The maximum Gasteiger partial charge on any atom is 0.272 e. The molecule has 1 amide bonds. The fourth-order valence-electron chi connectivity index (χ4n) is 5.87. The molecular formula is C32H28F2N8O3. The van der Waals surface area contributed by atoms with E-state index < -0.39 is 17.5 Å². The molecule has 1 saturated heterocycles. The number of pyridine rings is 1. The molecule has 0 aliphatic carbocycles. The zero-order chi connectivity index (χ0) is 31.1. The molecule has 3 N–H and O–H groups in total. The van der Waals surface area contributed by atoms with Crippen molar-refractivity contribution >= 4 is 28.3 Å². The van der Waals surface area contributed by atoms with Crippen LogP contribution in [0.1, 0.15) is 32.9 Å². The van der Waals surface area contributed by atoms with Gasteiger partial charge in [0.25, 0.3) is 11.5 Å². The first kappa shape index (κ1) is 28.5. The number of nitrogens with two attached hydrogens (primary N) is 1. The summed E-state index contributed by atoms with van der Waals surface area (Å²) in [6.45, 7) is 2.66. The smallest absolute Gasteiger partial charge is 0.272 e. The number of hydrogen-bond acceptors (Lipinski definition) is 9. The van der Waals surface area contributed by atoms with Crippen LogP contribution in [0.25, 0.3) is 22.2 Å². The summed E-state index contributed by atoms with van der Waals surface area (Å²) in [5, 5.41) is 7.91. The molecule has 2 aromatic carbocycles. The van der Waals surface area contributed by atoms with Crippen molar-refractivity contribution < 1.29 is 18.3 Å². The van der Waals surface area contributed by atoms with E-state index in [0.29, 0.717) is 72.8 Å². The summed E-state index contributed by atoms with van der Waals surface area (Å²) in [7, 11) is 0. The minimum Gasteiger partial charge on any atom is -0.384 e. The first-order chi connectivity index (χ1) is 21.9. The van der Waals surface area contributed by atoms with Gasteiger partial charge in [-0.2, -0.15) is 5.10 Å². The van der Waals surface area contributed by atoms with Crippen molar-refractivity contribution in [2.24, 2.45) is 0 Å². The number of carbonyl (C=O) groups is 1. The number of carbonyl (C=O) groups excluding carboxylic acids is 1. The van der Waals surface area contributed by atoms with Crippen molar-refractivity contribution in [2.45, 2.75) is 19.4 Å². The summed E-state index contributed by atoms with van der Waals surface area (Å²) in [6.07, 6.45) is 2.01. The van der Waals surface area contributed by atoms with E-state index in [9.17, 15) is 14.0 Å². The zero-order valence-electron chi connectivity index (χ0n) is 24.1. The van der Waals surface area contributed by atoms with E-state index in [1.54, 1.807) is 24.3 Å². The van der Waals surface area contributed by atoms with Gasteiger partial charge in [-0.1, -0.05) is 24.3 Å². The Balaban J connectivity index is 1.21. The highest BCUT2D eigenvalue weighted by Crippen LogP contribution is 2.32. The molecule has 45 heavy (non-hydrogen) atoms. The Morgan fingerprint density at radius 3 is 2.60 bits per heavy atom. The summed E-state index contributed by atoms with van der Waals surface area (Å²) in [4.78, 5) is 43.1. The average molecular weight is 611 g/mol. The van der Waals surface area contributed by atoms with Crippen molar-refractivity contribution in [3.8, 4) is 11.4 Å². The van der Waals surface area contributed by atoms with Crippen LogP contribution in [0.4, 0.5) is 20.4 Å². The normalized spacial score (nSPS) is 14.9. The molecule has 0 atom stereocenters. The number of ether oxygens (including phenoxy) is 1. The van der Waals surface area contributed by atoms with Crippen LogP contribution in [-0.2, 0) is 24.1 Å². The molecule has 0 spiro atoms. The van der Waals surface area contributed by atoms with Gasteiger partial charge in [0.05, 0.1) is 47.7 Å². The lowest BCUT2D eigenvalue weighted by Gasteiger charge is -2.34. The number of amides is 1. The highest BCUT2D eigenvalue weighted by Gasteiger charge is 2.30. The van der Waals surface area contributed by atoms with Crippen molar-refractivity contribution in [3.63, 3.8) is 0 Å². The van der Waals surface area contributed by atoms with Crippen LogP contribution >= 0.6 is 0 Å². The lowest BCUT2D eigenvalue weighted by atomic mass is 10.00. The van der Waals surface area contributed by atoms with E-state index in [2.05, 4.69) is 25.1 Å². The maximum absolute atomic E-state index is 15.2. The number of nitrogens with zero attached hydrogens (tertiary/aromatic N) is 6. The van der Waals surface area contributed by atoms with E-state index in [4.69, 9.17) is 15.5 Å². The first-order valence-electron chi connectivity index (χ1n) is 14.5. The van der Waals surface area contributed by atoms with Crippen molar-refractivity contribution in [1.82, 2.24) is 30.0 Å². The van der Waals surface area contributed by atoms with Gasteiger partial charge in [0.1, 0.15) is 23.3 Å². The fourth-order valence-corrected chi connectivity index (χ4v) is 5.87. The average Bonchev–Trinajstić information content (AvgIpc) is 3.06. The topological polar surface area (TPSA) is 143 Å². The predicted molar refractivity (Wildman–Crippen MR) is 163 cm³/mol. The summed E-state index contributed by atoms with van der Waals surface area (Å²) in [6, 6.07) is 12.6. The number of nitrogen functional groups attached to an aromatic ring is 1. The summed E-state index contributed by atoms with van der Waals surface area (Å²) >= 11 is 0. The molecule has 1 fully saturated rings. The SMILES string of the molecule is Nc1cc(F)c(-c2nc3c(c(N4CCOCC4)n2)CCN(C(=O)c2cc(Cc4n[nH]c(=O)c5ccccc45)ccc2F)C3)cn1. The Labute approximate surface area is 255 Å². The van der Waals surface area contributed by atoms with Crippen LogP contribution < -0.4 is 16.2 Å². The van der Waals surface area contributed by atoms with Crippen LogP contribution in [0.15, 0.2) is 59.5 Å². The standard InChI is InChI=1S/C32H28F2N8O3/c33-24-6-5-18(14-26-19-3-1-2-4-20(19)31(43)40-39-26)13-22(24)32(44)42-8-7-21-27(17-42)37-29(23-16-36-28(35)15-25(23)34)38-30(21)41-9-11-45-12-10-41/h1-6,13,15-16H,7-12,14,17H2,(H2,35,36)(H,40,43). The molecule has 11 nitrogen and oxygen atoms in total. The number of aromatic amines is 1. The first-order valence-corrected chi connectivity index (χ1v) is 14.5. The molecule has 0 radical (unpaired) electrons. The molecule has 5 heterocycles. The van der Waals surface area contributed by atoms with Gasteiger partial charge < -0.3 is 20.3 Å². The third kappa shape index (κ3) is 5.46. The largest absolute Gasteiger partial charge is 0.384 e. The van der Waals surface area contributed by atoms with Crippen molar-refractivity contribution in [2.75, 3.05) is 43.5 Å². The molecule has 0 bridgehead atoms. The summed E-state index contributed by atoms with van der Waals surface area (Å²) < 4.78 is 35.6. The predicted octanol–water partition coefficient (Wildman–Crippen LogP) is 3.26. The summed E-state index contributed by atoms with van der Waals surface area (Å²) in [5.74, 6) is -0.927. The van der Waals surface area contributed by atoms with E-state index in [-0.39, 0.29) is 41.3 Å². The number of morpholine rings is 1. The van der Waals surface area contributed by atoms with E-state index in [0.717, 1.165) is 11.6 Å². The van der Waals surface area contributed by atoms with Gasteiger partial charge in [-0.15, -0.1) is 0 Å². The Morgan fingerprint density at radius 2 is 1.80 bits per heavy atom. The fraction of sp³-hybridized carbons (Fsp3) is 0.250. The number of nitrogens with one attached hydrogen (secondary N) is 1. The molecule has 2 aliphatic rings. The molecular weight excluding hydrogens is 582 g/mol. The number of rotatable bonds is 5. The van der Waals surface area contributed by atoms with Gasteiger partial charge in [-0.25, -0.2) is 28.8 Å². The molecule has 2 aliphatic heterocycles. The quantitative estimate of drug-likeness (QED) is 0.307. The van der Waals surface area contributed by atoms with Gasteiger partial charge >= 0.3 is 0 Å². The van der Waals surface area contributed by atoms with Crippen LogP contribution in [0.3, 0.4) is 0 Å². The lowest BCUT2D eigenvalue weighted by molar-refractivity contribution is 0.0726. The molecule has 13 heteroatoms. The van der Waals surface area contributed by atoms with Crippen LogP contribution in [0, 0.1) is 11.6 Å². The second kappa shape index (κ2) is 11.7. The third-order valence-corrected chi connectivity index (χ3v) is 8.16. The van der Waals surface area contributed by atoms with E-state index in [1.807, 2.05) is 6.07 Å². The van der Waals surface area contributed by atoms with Crippen LogP contribution in [-0.4, -0.2) is 68.8 Å². The number of halogens is 2. The molecule has 0 saturated carbocycles. The summed E-state index contributed by atoms with van der Waals surface area (Å²) in [5.41, 5.74) is 8.05. The Bertz CT molecular complexity index is 2010. The molecule has 3 aromatic heterocycles. The van der Waals surface area contributed by atoms with Gasteiger partial charge in [0, 0.05) is 49.3 Å². The lowest BCUT2D eigenvalue weighted by Crippen LogP contribution is -2.41. The maximum atomic E-state index is 15.2. The Morgan fingerprint density at radius 1 is 1.00 bits per heavy atom. The number of hydrogen-bond donors (Lipinski definition) is 2. The van der Waals surface area contributed by atoms with Crippen molar-refractivity contribution in [1.29, 1.82) is 0 Å². The Kier molecular flexibility index (Phi) is 7.37. The number of benzene rings is 2. The van der Waals surface area contributed by atoms with Gasteiger partial charge in [0.15, 0.2) is 5.82 Å².